The van der Waals surface area contributed by atoms with Crippen molar-refractivity contribution in [1.82, 2.24) is 14.7 Å². The standard InChI is InChI=1S/C13H19N3O2S/c1-9-4-16-11(10(2)15-12(16)19-9)3-14-5-13(6-17)7-18-8-13/h4,14,17H,3,5-8H2,1-2H3. The SMILES string of the molecule is Cc1cn2c(CNCC3(CO)COC3)c(C)nc2s1. The maximum absolute atomic E-state index is 9.39. The summed E-state index contributed by atoms with van der Waals surface area (Å²) >= 11 is 1.71. The highest BCUT2D eigenvalue weighted by molar-refractivity contribution is 7.17. The molecule has 0 aliphatic carbocycles. The van der Waals surface area contributed by atoms with Gasteiger partial charge in [0.05, 0.1) is 36.6 Å². The number of hydrogen-bond acceptors (Lipinski definition) is 5. The fraction of sp³-hybridized carbons (Fsp3) is 0.615. The van der Waals surface area contributed by atoms with Crippen molar-refractivity contribution >= 4 is 16.3 Å². The maximum Gasteiger partial charge on any atom is 0.194 e. The van der Waals surface area contributed by atoms with Crippen LogP contribution >= 0.6 is 11.3 Å². The molecule has 3 rings (SSSR count). The number of ether oxygens (including phenoxy) is 1. The van der Waals surface area contributed by atoms with Crippen molar-refractivity contribution in [3.8, 4) is 0 Å². The fourth-order valence-electron chi connectivity index (χ4n) is 2.41. The third-order valence-corrected chi connectivity index (χ3v) is 4.58. The molecule has 0 spiro atoms. The summed E-state index contributed by atoms with van der Waals surface area (Å²) in [5.74, 6) is 0. The van der Waals surface area contributed by atoms with Crippen LogP contribution < -0.4 is 5.32 Å². The van der Waals surface area contributed by atoms with Gasteiger partial charge in [-0.2, -0.15) is 0 Å². The van der Waals surface area contributed by atoms with E-state index in [0.717, 1.165) is 23.7 Å². The van der Waals surface area contributed by atoms with Crippen molar-refractivity contribution in [2.24, 2.45) is 5.41 Å². The van der Waals surface area contributed by atoms with Crippen molar-refractivity contribution in [2.75, 3.05) is 26.4 Å². The highest BCUT2D eigenvalue weighted by Crippen LogP contribution is 2.26. The lowest BCUT2D eigenvalue weighted by molar-refractivity contribution is -0.134. The van der Waals surface area contributed by atoms with Crippen LogP contribution in [0.3, 0.4) is 0 Å². The molecule has 0 atom stereocenters. The largest absolute Gasteiger partial charge is 0.396 e. The number of aryl methyl sites for hydroxylation is 2. The van der Waals surface area contributed by atoms with E-state index in [0.29, 0.717) is 13.2 Å². The molecule has 6 heteroatoms. The van der Waals surface area contributed by atoms with Crippen molar-refractivity contribution in [3.63, 3.8) is 0 Å². The smallest absolute Gasteiger partial charge is 0.194 e. The summed E-state index contributed by atoms with van der Waals surface area (Å²) in [5, 5.41) is 12.8. The van der Waals surface area contributed by atoms with Crippen molar-refractivity contribution < 1.29 is 9.84 Å². The second-order valence-corrected chi connectivity index (χ2v) is 6.61. The Morgan fingerprint density at radius 1 is 1.53 bits per heavy atom. The normalized spacial score (nSPS) is 17.8. The van der Waals surface area contributed by atoms with Gasteiger partial charge in [0.1, 0.15) is 0 Å². The van der Waals surface area contributed by atoms with Gasteiger partial charge in [0, 0.05) is 24.2 Å². The second-order valence-electron chi connectivity index (χ2n) is 5.39. The van der Waals surface area contributed by atoms with Crippen LogP contribution in [0.15, 0.2) is 6.20 Å². The number of fused-ring (bicyclic) bond motifs is 1. The average molecular weight is 281 g/mol. The molecule has 1 fully saturated rings. The second kappa shape index (κ2) is 4.86. The first-order chi connectivity index (χ1) is 9.13. The Morgan fingerprint density at radius 3 is 2.95 bits per heavy atom. The molecule has 0 saturated carbocycles. The summed E-state index contributed by atoms with van der Waals surface area (Å²) in [5.41, 5.74) is 2.19. The van der Waals surface area contributed by atoms with Gasteiger partial charge in [-0.25, -0.2) is 4.98 Å². The van der Waals surface area contributed by atoms with Crippen LogP contribution in [-0.4, -0.2) is 40.9 Å². The van der Waals surface area contributed by atoms with E-state index in [-0.39, 0.29) is 12.0 Å². The van der Waals surface area contributed by atoms with Crippen molar-refractivity contribution in [3.05, 3.63) is 22.5 Å². The van der Waals surface area contributed by atoms with Crippen LogP contribution in [0.2, 0.25) is 0 Å². The molecule has 0 aromatic carbocycles. The number of imidazole rings is 1. The minimum atomic E-state index is -0.0811. The summed E-state index contributed by atoms with van der Waals surface area (Å²) in [6, 6.07) is 0. The first-order valence-corrected chi connectivity index (χ1v) is 7.28. The predicted molar refractivity (Wildman–Crippen MR) is 74.6 cm³/mol. The fourth-order valence-corrected chi connectivity index (χ4v) is 3.30. The van der Waals surface area contributed by atoms with E-state index in [4.69, 9.17) is 4.74 Å². The molecule has 104 valence electrons. The van der Waals surface area contributed by atoms with E-state index in [1.165, 1.54) is 10.6 Å². The number of nitrogens with one attached hydrogen (secondary N) is 1. The first kappa shape index (κ1) is 13.1. The van der Waals surface area contributed by atoms with Gasteiger partial charge in [0.25, 0.3) is 0 Å². The van der Waals surface area contributed by atoms with Crippen LogP contribution in [0.4, 0.5) is 0 Å². The average Bonchev–Trinajstić information content (AvgIpc) is 2.79. The van der Waals surface area contributed by atoms with Crippen LogP contribution in [-0.2, 0) is 11.3 Å². The highest BCUT2D eigenvalue weighted by atomic mass is 32.1. The molecule has 1 aliphatic heterocycles. The molecule has 0 unspecified atom stereocenters. The number of nitrogens with zero attached hydrogens (tertiary/aromatic N) is 2. The van der Waals surface area contributed by atoms with Gasteiger partial charge in [0.15, 0.2) is 4.96 Å². The van der Waals surface area contributed by atoms with Crippen LogP contribution in [0.5, 0.6) is 0 Å². The number of thiazole rings is 1. The lowest BCUT2D eigenvalue weighted by Gasteiger charge is -2.40. The van der Waals surface area contributed by atoms with Gasteiger partial charge in [-0.1, -0.05) is 0 Å². The van der Waals surface area contributed by atoms with Gasteiger partial charge in [-0.05, 0) is 13.8 Å². The Labute approximate surface area is 116 Å². The summed E-state index contributed by atoms with van der Waals surface area (Å²) in [6.45, 7) is 7.16. The summed E-state index contributed by atoms with van der Waals surface area (Å²) < 4.78 is 7.36. The third-order valence-electron chi connectivity index (χ3n) is 3.69. The zero-order chi connectivity index (χ0) is 13.5. The lowest BCUT2D eigenvalue weighted by Crippen LogP contribution is -2.52. The molecular formula is C13H19N3O2S. The molecule has 19 heavy (non-hydrogen) atoms. The first-order valence-electron chi connectivity index (χ1n) is 6.47. The number of aliphatic hydroxyl groups excluding tert-OH is 1. The maximum atomic E-state index is 9.39. The summed E-state index contributed by atoms with van der Waals surface area (Å²) in [4.78, 5) is 6.89. The number of hydrogen-bond donors (Lipinski definition) is 2. The topological polar surface area (TPSA) is 58.8 Å². The molecule has 0 amide bonds. The number of aromatic nitrogens is 2. The monoisotopic (exact) mass is 281 g/mol. The Kier molecular flexibility index (Phi) is 3.34. The Morgan fingerprint density at radius 2 is 2.32 bits per heavy atom. The molecule has 1 saturated heterocycles. The summed E-state index contributed by atoms with van der Waals surface area (Å²) in [6.07, 6.45) is 2.13. The third kappa shape index (κ3) is 2.29. The molecule has 2 aromatic heterocycles. The zero-order valence-corrected chi connectivity index (χ0v) is 12.1. The summed E-state index contributed by atoms with van der Waals surface area (Å²) in [7, 11) is 0. The van der Waals surface area contributed by atoms with Crippen LogP contribution in [0, 0.1) is 19.3 Å². The molecular weight excluding hydrogens is 262 g/mol. The minimum absolute atomic E-state index is 0.0811. The molecule has 2 N–H and O–H groups in total. The Balaban J connectivity index is 1.69. The van der Waals surface area contributed by atoms with E-state index >= 15 is 0 Å². The minimum Gasteiger partial charge on any atom is -0.396 e. The Bertz CT molecular complexity index is 580. The van der Waals surface area contributed by atoms with Crippen LogP contribution in [0.1, 0.15) is 16.3 Å². The van der Waals surface area contributed by atoms with Gasteiger partial charge in [0.2, 0.25) is 0 Å². The van der Waals surface area contributed by atoms with Gasteiger partial charge in [-0.3, -0.25) is 4.40 Å². The van der Waals surface area contributed by atoms with Crippen LogP contribution in [0.25, 0.3) is 4.96 Å². The van der Waals surface area contributed by atoms with Gasteiger partial charge < -0.3 is 15.2 Å². The van der Waals surface area contributed by atoms with E-state index in [1.807, 2.05) is 6.92 Å². The van der Waals surface area contributed by atoms with Crippen molar-refractivity contribution in [2.45, 2.75) is 20.4 Å². The van der Waals surface area contributed by atoms with Gasteiger partial charge >= 0.3 is 0 Å². The molecule has 0 radical (unpaired) electrons. The number of rotatable bonds is 5. The molecule has 1 aliphatic rings. The molecule has 0 bridgehead atoms. The molecule has 2 aromatic rings. The highest BCUT2D eigenvalue weighted by Gasteiger charge is 2.37. The molecule has 3 heterocycles. The zero-order valence-electron chi connectivity index (χ0n) is 11.3. The van der Waals surface area contributed by atoms with E-state index in [2.05, 4.69) is 27.8 Å². The van der Waals surface area contributed by atoms with Gasteiger partial charge in [-0.15, -0.1) is 11.3 Å². The van der Waals surface area contributed by atoms with E-state index in [1.54, 1.807) is 11.3 Å². The predicted octanol–water partition coefficient (Wildman–Crippen LogP) is 1.11. The van der Waals surface area contributed by atoms with Crippen molar-refractivity contribution in [1.29, 1.82) is 0 Å². The van der Waals surface area contributed by atoms with E-state index in [9.17, 15) is 5.11 Å². The van der Waals surface area contributed by atoms with E-state index < -0.39 is 0 Å². The number of aliphatic hydroxyl groups is 1. The quantitative estimate of drug-likeness (QED) is 0.862. The molecule has 5 nitrogen and oxygen atoms in total. The lowest BCUT2D eigenvalue weighted by atomic mass is 9.87. The Hall–Kier alpha value is -0.950.